The summed E-state index contributed by atoms with van der Waals surface area (Å²) >= 11 is 8.21. The van der Waals surface area contributed by atoms with Gasteiger partial charge in [-0.1, -0.05) is 61.4 Å². The first-order valence-electron chi connectivity index (χ1n) is 14.0. The number of benzene rings is 3. The molecule has 1 atom stereocenters. The third kappa shape index (κ3) is 7.03. The minimum absolute atomic E-state index is 0.214. The lowest BCUT2D eigenvalue weighted by molar-refractivity contribution is -0.136. The average Bonchev–Trinajstić information content (AvgIpc) is 3.35. The van der Waals surface area contributed by atoms with Crippen molar-refractivity contribution in [2.45, 2.75) is 26.5 Å². The van der Waals surface area contributed by atoms with Crippen LogP contribution in [0.2, 0.25) is 0 Å². The third-order valence-corrected chi connectivity index (χ3v) is 8.84. The van der Waals surface area contributed by atoms with Gasteiger partial charge in [0.25, 0.3) is 5.56 Å². The lowest BCUT2D eigenvalue weighted by Crippen LogP contribution is -2.39. The fourth-order valence-corrected chi connectivity index (χ4v) is 6.55. The van der Waals surface area contributed by atoms with Crippen LogP contribution in [0, 0.1) is 0 Å². The van der Waals surface area contributed by atoms with Gasteiger partial charge in [-0.05, 0) is 67.4 Å². The summed E-state index contributed by atoms with van der Waals surface area (Å²) in [5.74, 6) is 1.47. The predicted molar refractivity (Wildman–Crippen MR) is 179 cm³/mol. The summed E-state index contributed by atoms with van der Waals surface area (Å²) in [5.41, 5.74) is 2.12. The summed E-state index contributed by atoms with van der Waals surface area (Å²) in [6.07, 6.45) is 3.20. The van der Waals surface area contributed by atoms with Crippen molar-refractivity contribution in [3.8, 4) is 23.0 Å². The van der Waals surface area contributed by atoms with Gasteiger partial charge in [0.05, 0.1) is 43.6 Å². The van der Waals surface area contributed by atoms with Crippen LogP contribution in [-0.2, 0) is 16.1 Å². The van der Waals surface area contributed by atoms with Crippen molar-refractivity contribution in [1.29, 1.82) is 0 Å². The third-order valence-electron chi connectivity index (χ3n) is 6.86. The Labute approximate surface area is 280 Å². The highest BCUT2D eigenvalue weighted by molar-refractivity contribution is 9.10. The minimum Gasteiger partial charge on any atom is -0.493 e. The van der Waals surface area contributed by atoms with E-state index in [1.165, 1.54) is 29.2 Å². The molecule has 12 heteroatoms. The Morgan fingerprint density at radius 3 is 2.36 bits per heavy atom. The number of esters is 1. The second-order valence-electron chi connectivity index (χ2n) is 9.69. The molecule has 0 saturated carbocycles. The van der Waals surface area contributed by atoms with E-state index in [9.17, 15) is 9.59 Å². The van der Waals surface area contributed by atoms with Crippen molar-refractivity contribution in [2.24, 2.45) is 4.99 Å². The summed E-state index contributed by atoms with van der Waals surface area (Å²) in [4.78, 5) is 32.0. The van der Waals surface area contributed by atoms with Crippen LogP contribution >= 0.6 is 43.2 Å². The zero-order valence-corrected chi connectivity index (χ0v) is 29.0. The molecule has 0 bridgehead atoms. The molecule has 0 saturated heterocycles. The molecule has 1 aliphatic rings. The van der Waals surface area contributed by atoms with Crippen molar-refractivity contribution in [3.05, 3.63) is 112 Å². The second-order valence-corrected chi connectivity index (χ2v) is 12.5. The van der Waals surface area contributed by atoms with Crippen LogP contribution in [0.25, 0.3) is 6.08 Å². The van der Waals surface area contributed by atoms with Gasteiger partial charge in [0, 0.05) is 20.7 Å². The topological polar surface area (TPSA) is 97.6 Å². The van der Waals surface area contributed by atoms with Crippen LogP contribution in [0.4, 0.5) is 0 Å². The van der Waals surface area contributed by atoms with Crippen molar-refractivity contribution in [3.63, 3.8) is 0 Å². The fourth-order valence-electron chi connectivity index (χ4n) is 4.87. The number of rotatable bonds is 11. The van der Waals surface area contributed by atoms with Crippen LogP contribution in [-0.4, -0.2) is 38.0 Å². The maximum Gasteiger partial charge on any atom is 0.337 e. The Bertz CT molecular complexity index is 1930. The van der Waals surface area contributed by atoms with Crippen molar-refractivity contribution in [2.75, 3.05) is 27.4 Å². The van der Waals surface area contributed by atoms with Crippen molar-refractivity contribution in [1.82, 2.24) is 4.57 Å². The van der Waals surface area contributed by atoms with Crippen LogP contribution in [0.15, 0.2) is 85.1 Å². The van der Waals surface area contributed by atoms with E-state index in [0.29, 0.717) is 56.7 Å². The lowest BCUT2D eigenvalue weighted by Gasteiger charge is -2.23. The SMILES string of the molecule is CCOc1ccc([C@@H]2C(C(=O)OC)=CN=c3s/c(=C/c4cc(Br)cc(OC)c4OCc4ccc(Br)cc4)c(=O)n32)cc1OCC. The molecule has 45 heavy (non-hydrogen) atoms. The van der Waals surface area contributed by atoms with Gasteiger partial charge < -0.3 is 23.7 Å². The molecule has 2 heterocycles. The Morgan fingerprint density at radius 1 is 0.933 bits per heavy atom. The highest BCUT2D eigenvalue weighted by Gasteiger charge is 2.31. The summed E-state index contributed by atoms with van der Waals surface area (Å²) in [6, 6.07) is 16.0. The van der Waals surface area contributed by atoms with Gasteiger partial charge >= 0.3 is 5.97 Å². The molecule has 1 aliphatic heterocycles. The zero-order valence-electron chi connectivity index (χ0n) is 25.0. The molecule has 0 amide bonds. The molecule has 4 aromatic rings. The largest absolute Gasteiger partial charge is 0.493 e. The molecule has 0 spiro atoms. The predicted octanol–water partition coefficient (Wildman–Crippen LogP) is 5.93. The second kappa shape index (κ2) is 14.5. The lowest BCUT2D eigenvalue weighted by atomic mass is 9.97. The molecule has 0 radical (unpaired) electrons. The molecule has 5 rings (SSSR count). The summed E-state index contributed by atoms with van der Waals surface area (Å²) < 4.78 is 32.2. The molecule has 3 aromatic carbocycles. The highest BCUT2D eigenvalue weighted by Crippen LogP contribution is 2.37. The minimum atomic E-state index is -0.809. The van der Waals surface area contributed by atoms with Gasteiger partial charge in [-0.25, -0.2) is 9.79 Å². The molecule has 0 unspecified atom stereocenters. The number of aromatic nitrogens is 1. The van der Waals surface area contributed by atoms with E-state index in [1.807, 2.05) is 50.2 Å². The van der Waals surface area contributed by atoms with Gasteiger partial charge in [-0.2, -0.15) is 0 Å². The van der Waals surface area contributed by atoms with E-state index in [4.69, 9.17) is 23.7 Å². The molecule has 1 aromatic heterocycles. The quantitative estimate of drug-likeness (QED) is 0.175. The van der Waals surface area contributed by atoms with E-state index in [2.05, 4.69) is 36.9 Å². The van der Waals surface area contributed by atoms with Crippen LogP contribution < -0.4 is 33.8 Å². The van der Waals surface area contributed by atoms with Crippen LogP contribution in [0.5, 0.6) is 23.0 Å². The maximum atomic E-state index is 14.2. The number of methoxy groups -OCH3 is 2. The summed E-state index contributed by atoms with van der Waals surface area (Å²) in [7, 11) is 2.86. The fraction of sp³-hybridized carbons (Fsp3) is 0.242. The number of hydrogen-bond donors (Lipinski definition) is 0. The Hall–Kier alpha value is -3.87. The molecule has 234 valence electrons. The van der Waals surface area contributed by atoms with Gasteiger partial charge in [0.2, 0.25) is 0 Å². The van der Waals surface area contributed by atoms with Crippen LogP contribution in [0.3, 0.4) is 0 Å². The number of nitrogens with zero attached hydrogens (tertiary/aromatic N) is 2. The van der Waals surface area contributed by atoms with E-state index in [1.54, 1.807) is 31.4 Å². The number of carbonyl (C=O) groups is 1. The number of hydrogen-bond acceptors (Lipinski definition) is 9. The molecule has 9 nitrogen and oxygen atoms in total. The number of thiazole rings is 1. The van der Waals surface area contributed by atoms with E-state index < -0.39 is 12.0 Å². The first-order chi connectivity index (χ1) is 21.8. The molecular formula is C33H30Br2N2O7S. The number of halogens is 2. The molecular weight excluding hydrogens is 728 g/mol. The monoisotopic (exact) mass is 756 g/mol. The Balaban J connectivity index is 1.64. The molecule has 0 fully saturated rings. The van der Waals surface area contributed by atoms with Crippen molar-refractivity contribution < 1.29 is 28.5 Å². The van der Waals surface area contributed by atoms with Crippen LogP contribution in [0.1, 0.15) is 36.6 Å². The first-order valence-corrected chi connectivity index (χ1v) is 16.4. The first kappa shape index (κ1) is 32.5. The average molecular weight is 758 g/mol. The highest BCUT2D eigenvalue weighted by atomic mass is 79.9. The van der Waals surface area contributed by atoms with E-state index in [0.717, 1.165) is 14.5 Å². The van der Waals surface area contributed by atoms with E-state index >= 15 is 0 Å². The smallest absolute Gasteiger partial charge is 0.337 e. The Kier molecular flexibility index (Phi) is 10.5. The zero-order chi connectivity index (χ0) is 32.1. The maximum absolute atomic E-state index is 14.2. The number of carbonyl (C=O) groups excluding carboxylic acids is 1. The van der Waals surface area contributed by atoms with Gasteiger partial charge in [-0.3, -0.25) is 9.36 Å². The normalized spacial score (nSPS) is 14.2. The van der Waals surface area contributed by atoms with Gasteiger partial charge in [-0.15, -0.1) is 0 Å². The van der Waals surface area contributed by atoms with Crippen molar-refractivity contribution >= 4 is 55.2 Å². The molecule has 0 N–H and O–H groups in total. The summed E-state index contributed by atoms with van der Waals surface area (Å²) in [6.45, 7) is 4.92. The van der Waals surface area contributed by atoms with E-state index in [-0.39, 0.29) is 17.7 Å². The van der Waals surface area contributed by atoms with Gasteiger partial charge in [0.15, 0.2) is 27.8 Å². The van der Waals surface area contributed by atoms with Gasteiger partial charge in [0.1, 0.15) is 6.61 Å². The number of ether oxygens (including phenoxy) is 5. The standard InChI is InChI=1S/C33H30Br2N2O7S/c1-5-42-25-12-9-20(14-26(25)43-6-2)29-24(32(39)41-4)17-36-33-37(29)31(38)28(45-33)15-21-13-23(35)16-27(40-3)30(21)44-18-19-7-10-22(34)11-8-19/h7-17,29H,5-6,18H2,1-4H3/b28-15+/t29-/m1/s1. The molecule has 0 aliphatic carbocycles. The number of fused-ring (bicyclic) bond motifs is 1. The Morgan fingerprint density at radius 2 is 1.67 bits per heavy atom. The summed E-state index contributed by atoms with van der Waals surface area (Å²) in [5, 5.41) is 0.